The Morgan fingerprint density at radius 1 is 1.12 bits per heavy atom. The maximum absolute atomic E-state index is 13.2. The molecule has 1 heterocycles. The summed E-state index contributed by atoms with van der Waals surface area (Å²) in [7, 11) is 0. The van der Waals surface area contributed by atoms with Crippen LogP contribution < -0.4 is 14.8 Å². The number of nitrogens with one attached hydrogen (secondary N) is 1. The van der Waals surface area contributed by atoms with Gasteiger partial charge in [0.1, 0.15) is 19.0 Å². The summed E-state index contributed by atoms with van der Waals surface area (Å²) in [6.45, 7) is 5.14. The topological polar surface area (TPSA) is 47.6 Å². The van der Waals surface area contributed by atoms with Crippen molar-refractivity contribution in [3.63, 3.8) is 0 Å². The van der Waals surface area contributed by atoms with Gasteiger partial charge in [0.25, 0.3) is 0 Å². The second kappa shape index (κ2) is 8.04. The van der Waals surface area contributed by atoms with E-state index in [1.165, 1.54) is 18.2 Å². The van der Waals surface area contributed by atoms with Gasteiger partial charge >= 0.3 is 0 Å². The largest absolute Gasteiger partial charge is 0.486 e. The fourth-order valence-electron chi connectivity index (χ4n) is 2.87. The van der Waals surface area contributed by atoms with Gasteiger partial charge in [0, 0.05) is 6.08 Å². The van der Waals surface area contributed by atoms with Crippen LogP contribution in [0.5, 0.6) is 11.5 Å². The third-order valence-electron chi connectivity index (χ3n) is 4.17. The third kappa shape index (κ3) is 4.42. The van der Waals surface area contributed by atoms with Crippen molar-refractivity contribution in [2.24, 2.45) is 5.92 Å². The Balaban J connectivity index is 1.73. The van der Waals surface area contributed by atoms with Gasteiger partial charge in [0.2, 0.25) is 5.91 Å². The molecule has 26 heavy (non-hydrogen) atoms. The Hall–Kier alpha value is -2.82. The highest BCUT2D eigenvalue weighted by Crippen LogP contribution is 2.34. The van der Waals surface area contributed by atoms with Crippen LogP contribution in [0.3, 0.4) is 0 Å². The molecule has 0 fully saturated rings. The van der Waals surface area contributed by atoms with Crippen LogP contribution in [0.4, 0.5) is 4.39 Å². The Kier molecular flexibility index (Phi) is 5.56. The lowest BCUT2D eigenvalue weighted by molar-refractivity contribution is -0.117. The normalized spacial score (nSPS) is 14.5. The van der Waals surface area contributed by atoms with Crippen LogP contribution in [-0.4, -0.2) is 19.1 Å². The number of benzene rings is 2. The molecule has 0 aliphatic carbocycles. The molecule has 1 aliphatic rings. The number of hydrogen-bond donors (Lipinski definition) is 1. The van der Waals surface area contributed by atoms with Crippen molar-refractivity contribution in [1.82, 2.24) is 5.32 Å². The van der Waals surface area contributed by atoms with Crippen molar-refractivity contribution in [3.05, 3.63) is 65.5 Å². The Labute approximate surface area is 152 Å². The minimum absolute atomic E-state index is 0.171. The highest BCUT2D eigenvalue weighted by molar-refractivity contribution is 5.92. The highest BCUT2D eigenvalue weighted by atomic mass is 19.1. The summed E-state index contributed by atoms with van der Waals surface area (Å²) >= 11 is 0. The predicted octanol–water partition coefficient (Wildman–Crippen LogP) is 4.12. The van der Waals surface area contributed by atoms with E-state index >= 15 is 0 Å². The zero-order chi connectivity index (χ0) is 18.5. The molecule has 0 aromatic heterocycles. The molecule has 1 aliphatic heterocycles. The molecule has 0 saturated heterocycles. The number of ether oxygens (including phenoxy) is 2. The maximum atomic E-state index is 13.2. The first-order chi connectivity index (χ1) is 12.5. The van der Waals surface area contributed by atoms with Crippen LogP contribution in [0, 0.1) is 11.7 Å². The van der Waals surface area contributed by atoms with E-state index < -0.39 is 0 Å². The molecule has 4 nitrogen and oxygen atoms in total. The van der Waals surface area contributed by atoms with E-state index in [1.807, 2.05) is 32.0 Å². The molecule has 0 unspecified atom stereocenters. The monoisotopic (exact) mass is 355 g/mol. The quantitative estimate of drug-likeness (QED) is 0.821. The van der Waals surface area contributed by atoms with Crippen LogP contribution >= 0.6 is 0 Å². The average Bonchev–Trinajstić information content (AvgIpc) is 2.64. The van der Waals surface area contributed by atoms with Gasteiger partial charge in [-0.1, -0.05) is 32.0 Å². The van der Waals surface area contributed by atoms with E-state index in [4.69, 9.17) is 9.47 Å². The molecule has 1 atom stereocenters. The van der Waals surface area contributed by atoms with E-state index in [0.717, 1.165) is 11.3 Å². The van der Waals surface area contributed by atoms with E-state index in [9.17, 15) is 9.18 Å². The lowest BCUT2D eigenvalue weighted by Gasteiger charge is -2.25. The first-order valence-corrected chi connectivity index (χ1v) is 8.66. The van der Waals surface area contributed by atoms with Crippen molar-refractivity contribution in [1.29, 1.82) is 0 Å². The number of carbonyl (C=O) groups excluding carboxylic acids is 1. The maximum Gasteiger partial charge on any atom is 0.244 e. The Morgan fingerprint density at radius 3 is 2.62 bits per heavy atom. The summed E-state index contributed by atoms with van der Waals surface area (Å²) < 4.78 is 24.4. The van der Waals surface area contributed by atoms with Crippen LogP contribution in [0.2, 0.25) is 0 Å². The fraction of sp³-hybridized carbons (Fsp3) is 0.286. The van der Waals surface area contributed by atoms with E-state index in [1.54, 1.807) is 18.2 Å². The summed E-state index contributed by atoms with van der Waals surface area (Å²) in [6.07, 6.45) is 3.02. The molecule has 1 N–H and O–H groups in total. The van der Waals surface area contributed by atoms with Crippen molar-refractivity contribution in [2.45, 2.75) is 19.9 Å². The number of hydrogen-bond acceptors (Lipinski definition) is 3. The van der Waals surface area contributed by atoms with Gasteiger partial charge in [-0.05, 0) is 47.4 Å². The number of fused-ring (bicyclic) bond motifs is 1. The van der Waals surface area contributed by atoms with E-state index in [2.05, 4.69) is 5.32 Å². The third-order valence-corrected chi connectivity index (χ3v) is 4.17. The van der Waals surface area contributed by atoms with Gasteiger partial charge in [0.05, 0.1) is 6.04 Å². The average molecular weight is 355 g/mol. The number of halogens is 1. The summed E-state index contributed by atoms with van der Waals surface area (Å²) in [5.74, 6) is 1.04. The number of amides is 1. The molecule has 1 amide bonds. The molecule has 2 aromatic carbocycles. The molecule has 136 valence electrons. The second-order valence-corrected chi connectivity index (χ2v) is 6.52. The summed E-state index contributed by atoms with van der Waals surface area (Å²) in [4.78, 5) is 12.3. The second-order valence-electron chi connectivity index (χ2n) is 6.52. The SMILES string of the molecule is CC(C)[C@H](NC(=O)/C=C\c1cccc(F)c1)c1ccc2c(c1)OCCO2. The van der Waals surface area contributed by atoms with Crippen LogP contribution in [0.25, 0.3) is 6.08 Å². The number of rotatable bonds is 5. The molecular weight excluding hydrogens is 333 g/mol. The van der Waals surface area contributed by atoms with Gasteiger partial charge < -0.3 is 14.8 Å². The minimum Gasteiger partial charge on any atom is -0.486 e. The molecule has 5 heteroatoms. The van der Waals surface area contributed by atoms with Crippen molar-refractivity contribution in [2.75, 3.05) is 13.2 Å². The van der Waals surface area contributed by atoms with Crippen molar-refractivity contribution in [3.8, 4) is 11.5 Å². The summed E-state index contributed by atoms with van der Waals surface area (Å²) in [6, 6.07) is 11.7. The molecular formula is C21H22FNO3. The molecule has 3 rings (SSSR count). The van der Waals surface area contributed by atoms with Gasteiger partial charge in [-0.15, -0.1) is 0 Å². The fourth-order valence-corrected chi connectivity index (χ4v) is 2.87. The van der Waals surface area contributed by atoms with E-state index in [-0.39, 0.29) is 23.7 Å². The number of carbonyl (C=O) groups is 1. The smallest absolute Gasteiger partial charge is 0.244 e. The lowest BCUT2D eigenvalue weighted by Crippen LogP contribution is -2.30. The predicted molar refractivity (Wildman–Crippen MR) is 98.6 cm³/mol. The zero-order valence-electron chi connectivity index (χ0n) is 14.9. The van der Waals surface area contributed by atoms with Crippen molar-refractivity contribution >= 4 is 12.0 Å². The zero-order valence-corrected chi connectivity index (χ0v) is 14.9. The molecule has 2 aromatic rings. The first kappa shape index (κ1) is 18.0. The molecule has 0 bridgehead atoms. The van der Waals surface area contributed by atoms with Gasteiger partial charge in [0.15, 0.2) is 11.5 Å². The highest BCUT2D eigenvalue weighted by Gasteiger charge is 2.20. The van der Waals surface area contributed by atoms with Gasteiger partial charge in [-0.2, -0.15) is 0 Å². The summed E-state index contributed by atoms with van der Waals surface area (Å²) in [5.41, 5.74) is 1.59. The lowest BCUT2D eigenvalue weighted by atomic mass is 9.95. The Bertz CT molecular complexity index is 817. The minimum atomic E-state index is -0.330. The standard InChI is InChI=1S/C21H22FNO3/c1-14(2)21(16-7-8-18-19(13-16)26-11-10-25-18)23-20(24)9-6-15-4-3-5-17(22)12-15/h3-9,12-14,21H,10-11H2,1-2H3,(H,23,24)/b9-6-/t21-/m0/s1. The van der Waals surface area contributed by atoms with Crippen LogP contribution in [-0.2, 0) is 4.79 Å². The van der Waals surface area contributed by atoms with Gasteiger partial charge in [-0.25, -0.2) is 4.39 Å². The Morgan fingerprint density at radius 2 is 1.88 bits per heavy atom. The molecule has 0 saturated carbocycles. The summed E-state index contributed by atoms with van der Waals surface area (Å²) in [5, 5.41) is 3.01. The van der Waals surface area contributed by atoms with E-state index in [0.29, 0.717) is 24.5 Å². The molecule has 0 radical (unpaired) electrons. The van der Waals surface area contributed by atoms with Crippen LogP contribution in [0.15, 0.2) is 48.5 Å². The van der Waals surface area contributed by atoms with Crippen molar-refractivity contribution < 1.29 is 18.7 Å². The first-order valence-electron chi connectivity index (χ1n) is 8.66. The molecule has 0 spiro atoms. The van der Waals surface area contributed by atoms with Crippen LogP contribution in [0.1, 0.15) is 31.0 Å². The van der Waals surface area contributed by atoms with Gasteiger partial charge in [-0.3, -0.25) is 4.79 Å².